The molecule has 31 nitrogen and oxygen atoms in total. The predicted octanol–water partition coefficient (Wildman–Crippen LogP) is 10.2. The summed E-state index contributed by atoms with van der Waals surface area (Å²) in [5.41, 5.74) is 10.1. The van der Waals surface area contributed by atoms with Crippen LogP contribution in [0.1, 0.15) is 127 Å². The number of halogens is 1. The van der Waals surface area contributed by atoms with Gasteiger partial charge in [-0.05, 0) is 226 Å². The number of carbonyl (C=O) groups is 4. The first-order valence-corrected chi connectivity index (χ1v) is 39.7. The third kappa shape index (κ3) is 16.4. The number of pyridine rings is 3. The third-order valence-corrected chi connectivity index (χ3v) is 23.3. The molecule has 14 heterocycles. The Kier molecular flexibility index (Phi) is 21.6. The van der Waals surface area contributed by atoms with Crippen LogP contribution in [0.25, 0.3) is 34.2 Å². The molecule has 0 spiro atoms. The van der Waals surface area contributed by atoms with Gasteiger partial charge in [0.2, 0.25) is 0 Å². The zero-order valence-corrected chi connectivity index (χ0v) is 65.5. The number of hydrogen-bond acceptors (Lipinski definition) is 25. The Labute approximate surface area is 674 Å². The average molecular weight is 1570 g/mol. The molecule has 4 N–H and O–H groups in total. The quantitative estimate of drug-likeness (QED) is 0.0698. The summed E-state index contributed by atoms with van der Waals surface area (Å²) in [4.78, 5) is 95.1. The van der Waals surface area contributed by atoms with E-state index in [1.54, 1.807) is 73.8 Å². The second-order valence-electron chi connectivity index (χ2n) is 31.5. The molecule has 594 valence electrons. The molecule has 4 amide bonds. The predicted molar refractivity (Wildman–Crippen MR) is 432 cm³/mol. The molecule has 4 saturated carbocycles. The van der Waals surface area contributed by atoms with Gasteiger partial charge in [-0.3, -0.25) is 24.2 Å². The van der Waals surface area contributed by atoms with E-state index in [2.05, 4.69) is 113 Å². The lowest BCUT2D eigenvalue weighted by molar-refractivity contribution is 0.0679. The summed E-state index contributed by atoms with van der Waals surface area (Å²) in [6.45, 7) is 14.5. The average Bonchev–Trinajstić information content (AvgIpc) is 1.61. The number of carbonyl (C=O) groups excluding carboxylic acids is 4. The number of likely N-dealkylation sites (tertiary alicyclic amines) is 4. The molecule has 32 heteroatoms. The second kappa shape index (κ2) is 33.2. The molecular formula is C85H88FN27O4. The molecule has 12 unspecified atom stereocenters. The summed E-state index contributed by atoms with van der Waals surface area (Å²) < 4.78 is 14.7. The van der Waals surface area contributed by atoms with Crippen molar-refractivity contribution in [3.05, 3.63) is 246 Å². The standard InChI is InChI=1S/C22H21FN6O.C22H23N7O.C21H22N6O.C20H22N8O/c1-13-6-7-19(28-27-13)26-17-10-14-11-18(17)29(12-14)22(30)15-4-2-5-16(23)20(15)21-24-8-3-9-25-21;1-13-4-6-16(21-23-8-3-9-24-21)20(25-13)22(30)29-12-15-10-17(18(29)11-15)26-19-7-5-14(2)27-28-19;1-14-6-7-16(12-22-14)25-18-10-15-11-20(18)26(13-15)21(28)17-4-2-3-5-19(17)27-23-8-9-24-27;1-12-3-5-16(28-21-7-8-22-28)19(23-12)20(29)27-11-14-9-15(17(27)10-14)24-18-6-4-13(2)25-26-18/h2-9,14,17-18H,10-12H2,1H3,(H,26,28);3-9,15,17-18H,10-12H2,1-2H3,(H,26,28);2-9,12,15,18,20,25H,10-11,13H2,1H3;3-8,14-15,17H,9-11H2,1-2H3,(H,24,26). The number of aromatic nitrogens is 19. The molecular weight excluding hydrogens is 1480 g/mol. The van der Waals surface area contributed by atoms with E-state index in [0.717, 1.165) is 122 Å². The van der Waals surface area contributed by atoms with Gasteiger partial charge in [0.1, 0.15) is 34.7 Å². The number of aryl methyl sites for hydroxylation is 6. The zero-order chi connectivity index (χ0) is 80.4. The van der Waals surface area contributed by atoms with Crippen LogP contribution < -0.4 is 21.3 Å². The Morgan fingerprint density at radius 3 is 1.23 bits per heavy atom. The Hall–Kier alpha value is -13.4. The van der Waals surface area contributed by atoms with Crippen molar-refractivity contribution in [2.45, 2.75) is 141 Å². The molecule has 4 aliphatic carbocycles. The minimum Gasteiger partial charge on any atom is -0.379 e. The molecule has 8 bridgehead atoms. The molecule has 0 radical (unpaired) electrons. The topological polar surface area (TPSA) is 358 Å². The van der Waals surface area contributed by atoms with Crippen LogP contribution >= 0.6 is 0 Å². The lowest BCUT2D eigenvalue weighted by atomic mass is 10.0. The SMILES string of the molecule is Cc1ccc(NC2CC3CC2N(C(=O)c2cccc(F)c2-c2ncccn2)C3)nn1.Cc1ccc(NC2CC3CC2N(C(=O)c2ccccc2-n2nccn2)C3)cn1.Cc1ccc(NC2CC3CC2N(C(=O)c2nc(C)ccc2-c2ncccn2)C3)nn1.Cc1ccc(NC2CC3CC2N(C(=O)c2nc(C)ccc2-n2nccn2)C3)nn1. The van der Waals surface area contributed by atoms with E-state index >= 15 is 0 Å². The van der Waals surface area contributed by atoms with Gasteiger partial charge in [0.05, 0.1) is 106 Å². The maximum absolute atomic E-state index is 14.7. The van der Waals surface area contributed by atoms with Gasteiger partial charge in [0.25, 0.3) is 23.6 Å². The van der Waals surface area contributed by atoms with E-state index < -0.39 is 5.82 Å². The van der Waals surface area contributed by atoms with Crippen LogP contribution in [0, 0.1) is 71.0 Å². The highest BCUT2D eigenvalue weighted by atomic mass is 19.1. The first-order valence-electron chi connectivity index (χ1n) is 39.7. The fourth-order valence-corrected chi connectivity index (χ4v) is 18.1. The van der Waals surface area contributed by atoms with Crippen LogP contribution in [0.5, 0.6) is 0 Å². The zero-order valence-electron chi connectivity index (χ0n) is 65.5. The van der Waals surface area contributed by atoms with Crippen LogP contribution in [0.4, 0.5) is 27.5 Å². The Bertz CT molecular complexity index is 5440. The smallest absolute Gasteiger partial charge is 0.275 e. The second-order valence-corrected chi connectivity index (χ2v) is 31.5. The molecule has 2 aromatic carbocycles. The fourth-order valence-electron chi connectivity index (χ4n) is 18.1. The number of piperidine rings is 4. The summed E-state index contributed by atoms with van der Waals surface area (Å²) >= 11 is 0. The lowest BCUT2D eigenvalue weighted by Gasteiger charge is -2.34. The molecule has 12 aromatic rings. The molecule has 4 aliphatic heterocycles. The number of para-hydroxylation sites is 1. The number of nitrogens with zero attached hydrogens (tertiary/aromatic N) is 23. The highest BCUT2D eigenvalue weighted by Gasteiger charge is 2.52. The maximum Gasteiger partial charge on any atom is 0.275 e. The van der Waals surface area contributed by atoms with Gasteiger partial charge >= 0.3 is 0 Å². The minimum absolute atomic E-state index is 0.0263. The number of amides is 4. The number of nitrogens with one attached hydrogen (secondary N) is 4. The van der Waals surface area contributed by atoms with Crippen molar-refractivity contribution in [2.75, 3.05) is 47.4 Å². The van der Waals surface area contributed by atoms with Gasteiger partial charge < -0.3 is 40.9 Å². The van der Waals surface area contributed by atoms with Crippen molar-refractivity contribution in [1.82, 2.24) is 115 Å². The fraction of sp³-hybridized carbons (Fsp3) is 0.353. The third-order valence-electron chi connectivity index (χ3n) is 23.3. The largest absolute Gasteiger partial charge is 0.379 e. The van der Waals surface area contributed by atoms with E-state index in [0.29, 0.717) is 81.3 Å². The monoisotopic (exact) mass is 1570 g/mol. The Morgan fingerprint density at radius 1 is 0.350 bits per heavy atom. The van der Waals surface area contributed by atoms with Crippen molar-refractivity contribution in [3.63, 3.8) is 0 Å². The van der Waals surface area contributed by atoms with Crippen molar-refractivity contribution < 1.29 is 23.6 Å². The number of benzene rings is 2. The van der Waals surface area contributed by atoms with Crippen molar-refractivity contribution in [3.8, 4) is 34.2 Å². The van der Waals surface area contributed by atoms with E-state index in [1.165, 1.54) is 15.7 Å². The molecule has 8 aliphatic rings. The van der Waals surface area contributed by atoms with Gasteiger partial charge in [0.15, 0.2) is 17.3 Å². The lowest BCUT2D eigenvalue weighted by Crippen LogP contribution is -2.48. The van der Waals surface area contributed by atoms with Gasteiger partial charge in [0, 0.05) is 92.2 Å². The van der Waals surface area contributed by atoms with Crippen LogP contribution in [-0.2, 0) is 0 Å². The van der Waals surface area contributed by atoms with E-state index in [4.69, 9.17) is 0 Å². The van der Waals surface area contributed by atoms with Gasteiger partial charge in [-0.2, -0.15) is 40.5 Å². The summed E-state index contributed by atoms with van der Waals surface area (Å²) in [5.74, 6) is 4.08. The normalized spacial score (nSPS) is 22.7. The first-order chi connectivity index (χ1) is 56.9. The Balaban J connectivity index is 0.000000112. The van der Waals surface area contributed by atoms with E-state index in [9.17, 15) is 23.6 Å². The van der Waals surface area contributed by atoms with Gasteiger partial charge in [-0.25, -0.2) is 34.3 Å². The highest BCUT2D eigenvalue weighted by molar-refractivity contribution is 6.01. The first kappa shape index (κ1) is 76.2. The molecule has 117 heavy (non-hydrogen) atoms. The van der Waals surface area contributed by atoms with Crippen molar-refractivity contribution in [1.29, 1.82) is 0 Å². The minimum atomic E-state index is -0.499. The van der Waals surface area contributed by atoms with Crippen LogP contribution in [0.15, 0.2) is 183 Å². The van der Waals surface area contributed by atoms with Crippen LogP contribution in [-0.4, -0.2) is 213 Å². The number of hydrogen-bond donors (Lipinski definition) is 4. The molecule has 4 saturated heterocycles. The number of fused-ring (bicyclic) bond motifs is 8. The maximum atomic E-state index is 14.7. The van der Waals surface area contributed by atoms with Crippen molar-refractivity contribution >= 4 is 46.8 Å². The summed E-state index contributed by atoms with van der Waals surface area (Å²) in [6.07, 6.45) is 22.8. The number of rotatable bonds is 16. The molecule has 12 atom stereocenters. The van der Waals surface area contributed by atoms with Crippen molar-refractivity contribution in [2.24, 2.45) is 23.7 Å². The van der Waals surface area contributed by atoms with Crippen LogP contribution in [0.2, 0.25) is 0 Å². The molecule has 20 rings (SSSR count). The van der Waals surface area contributed by atoms with Gasteiger partial charge in [-0.1, -0.05) is 18.2 Å². The summed E-state index contributed by atoms with van der Waals surface area (Å²) in [7, 11) is 0. The van der Waals surface area contributed by atoms with E-state index in [1.807, 2.05) is 158 Å². The van der Waals surface area contributed by atoms with Gasteiger partial charge in [-0.15, -0.1) is 20.1 Å². The molecule has 10 aromatic heterocycles. The number of anilines is 4. The van der Waals surface area contributed by atoms with E-state index in [-0.39, 0.29) is 83.4 Å². The summed E-state index contributed by atoms with van der Waals surface area (Å²) in [5, 5.41) is 55.7. The molecule has 8 fully saturated rings. The van der Waals surface area contributed by atoms with Crippen LogP contribution in [0.3, 0.4) is 0 Å². The Morgan fingerprint density at radius 2 is 0.761 bits per heavy atom. The summed E-state index contributed by atoms with van der Waals surface area (Å²) in [6, 6.07) is 39.7. The highest BCUT2D eigenvalue weighted by Crippen LogP contribution is 2.45.